The molecule has 1 aliphatic heterocycles. The molecule has 6 nitrogen and oxygen atoms in total. The normalized spacial score (nSPS) is 21.7. The summed E-state index contributed by atoms with van der Waals surface area (Å²) in [6.45, 7) is 2.60. The number of nitrogens with zero attached hydrogens (tertiary/aromatic N) is 4. The van der Waals surface area contributed by atoms with E-state index in [1.54, 1.807) is 6.20 Å². The van der Waals surface area contributed by atoms with Gasteiger partial charge in [0.1, 0.15) is 17.7 Å². The minimum absolute atomic E-state index is 0.160. The first kappa shape index (κ1) is 15.1. The zero-order valence-electron chi connectivity index (χ0n) is 13.6. The Morgan fingerprint density at radius 1 is 1.29 bits per heavy atom. The van der Waals surface area contributed by atoms with Crippen LogP contribution in [0.25, 0.3) is 11.4 Å². The monoisotopic (exact) mass is 324 g/mol. The fourth-order valence-corrected chi connectivity index (χ4v) is 3.90. The summed E-state index contributed by atoms with van der Waals surface area (Å²) in [5, 5.41) is 9.66. The minimum Gasteiger partial charge on any atom is -0.480 e. The van der Waals surface area contributed by atoms with E-state index in [4.69, 9.17) is 0 Å². The Labute approximate surface area is 140 Å². The van der Waals surface area contributed by atoms with E-state index < -0.39 is 12.0 Å². The van der Waals surface area contributed by atoms with Gasteiger partial charge in [-0.15, -0.1) is 0 Å². The Morgan fingerprint density at radius 3 is 2.75 bits per heavy atom. The smallest absolute Gasteiger partial charge is 0.326 e. The molecule has 1 atom stereocenters. The fraction of sp³-hybridized carbons (Fsp3) is 0.444. The highest BCUT2D eigenvalue weighted by Gasteiger charge is 2.50. The summed E-state index contributed by atoms with van der Waals surface area (Å²) >= 11 is 0. The van der Waals surface area contributed by atoms with Crippen LogP contribution in [0.2, 0.25) is 0 Å². The molecule has 0 radical (unpaired) electrons. The van der Waals surface area contributed by atoms with E-state index in [-0.39, 0.29) is 5.41 Å². The SMILES string of the molecule is Cc1nc(-c2ccccn2)cc(N2CC3(CCC3)CC2C(=O)O)n1. The van der Waals surface area contributed by atoms with Crippen molar-refractivity contribution in [3.63, 3.8) is 0 Å². The number of rotatable bonds is 3. The molecule has 4 rings (SSSR count). The molecular weight excluding hydrogens is 304 g/mol. The molecule has 1 spiro atoms. The highest BCUT2D eigenvalue weighted by molar-refractivity contribution is 5.79. The van der Waals surface area contributed by atoms with Gasteiger partial charge in [-0.2, -0.15) is 0 Å². The first-order valence-corrected chi connectivity index (χ1v) is 8.33. The van der Waals surface area contributed by atoms with E-state index in [0.29, 0.717) is 18.1 Å². The number of carbonyl (C=O) groups is 1. The first-order chi connectivity index (χ1) is 11.6. The van der Waals surface area contributed by atoms with Crippen LogP contribution in [-0.4, -0.2) is 38.6 Å². The van der Waals surface area contributed by atoms with E-state index >= 15 is 0 Å². The van der Waals surface area contributed by atoms with Crippen LogP contribution < -0.4 is 4.90 Å². The number of carboxylic acids is 1. The molecule has 0 bridgehead atoms. The quantitative estimate of drug-likeness (QED) is 0.935. The topological polar surface area (TPSA) is 79.2 Å². The van der Waals surface area contributed by atoms with E-state index in [0.717, 1.165) is 30.8 Å². The third-order valence-corrected chi connectivity index (χ3v) is 5.25. The number of aryl methyl sites for hydroxylation is 1. The first-order valence-electron chi connectivity index (χ1n) is 8.33. The average Bonchev–Trinajstić information content (AvgIpc) is 2.97. The zero-order valence-corrected chi connectivity index (χ0v) is 13.6. The molecule has 0 aromatic carbocycles. The standard InChI is InChI=1S/C18H20N4O2/c1-12-20-14(13-5-2-3-8-19-13)9-16(21-12)22-11-18(6-4-7-18)10-15(22)17(23)24/h2-3,5,8-9,15H,4,6-7,10-11H2,1H3,(H,23,24). The molecule has 2 aromatic rings. The highest BCUT2D eigenvalue weighted by Crippen LogP contribution is 2.51. The van der Waals surface area contributed by atoms with Crippen molar-refractivity contribution in [3.8, 4) is 11.4 Å². The molecule has 6 heteroatoms. The number of hydrogen-bond donors (Lipinski definition) is 1. The lowest BCUT2D eigenvalue weighted by Gasteiger charge is -2.37. The molecule has 0 amide bonds. The summed E-state index contributed by atoms with van der Waals surface area (Å²) in [7, 11) is 0. The Kier molecular flexibility index (Phi) is 3.48. The van der Waals surface area contributed by atoms with Crippen LogP contribution in [0, 0.1) is 12.3 Å². The van der Waals surface area contributed by atoms with E-state index in [2.05, 4.69) is 15.0 Å². The third kappa shape index (κ3) is 2.52. The van der Waals surface area contributed by atoms with Gasteiger partial charge in [0.05, 0.1) is 11.4 Å². The maximum absolute atomic E-state index is 11.8. The lowest BCUT2D eigenvalue weighted by Crippen LogP contribution is -2.37. The Balaban J connectivity index is 1.73. The predicted octanol–water partition coefficient (Wildman–Crippen LogP) is 2.68. The summed E-state index contributed by atoms with van der Waals surface area (Å²) in [6.07, 6.45) is 5.87. The van der Waals surface area contributed by atoms with Crippen LogP contribution in [0.15, 0.2) is 30.5 Å². The lowest BCUT2D eigenvalue weighted by atomic mass is 9.67. The fourth-order valence-electron chi connectivity index (χ4n) is 3.90. The highest BCUT2D eigenvalue weighted by atomic mass is 16.4. The number of aliphatic carboxylic acids is 1. The number of carboxylic acid groups (broad SMARTS) is 1. The Morgan fingerprint density at radius 2 is 2.12 bits per heavy atom. The summed E-state index contributed by atoms with van der Waals surface area (Å²) in [5.41, 5.74) is 1.66. The van der Waals surface area contributed by atoms with Crippen molar-refractivity contribution < 1.29 is 9.90 Å². The van der Waals surface area contributed by atoms with Gasteiger partial charge in [0.15, 0.2) is 0 Å². The van der Waals surface area contributed by atoms with Gasteiger partial charge < -0.3 is 10.0 Å². The lowest BCUT2D eigenvalue weighted by molar-refractivity contribution is -0.138. The van der Waals surface area contributed by atoms with Crippen molar-refractivity contribution in [2.24, 2.45) is 5.41 Å². The minimum atomic E-state index is -0.769. The molecule has 1 N–H and O–H groups in total. The van der Waals surface area contributed by atoms with Gasteiger partial charge >= 0.3 is 5.97 Å². The van der Waals surface area contributed by atoms with Gasteiger partial charge in [-0.05, 0) is 43.7 Å². The molecule has 124 valence electrons. The van der Waals surface area contributed by atoms with Gasteiger partial charge in [0, 0.05) is 18.8 Å². The second kappa shape index (κ2) is 5.54. The molecule has 1 saturated carbocycles. The van der Waals surface area contributed by atoms with Crippen molar-refractivity contribution in [1.29, 1.82) is 0 Å². The molecular formula is C18H20N4O2. The van der Waals surface area contributed by atoms with Crippen LogP contribution in [0.5, 0.6) is 0 Å². The van der Waals surface area contributed by atoms with Gasteiger partial charge in [0.25, 0.3) is 0 Å². The van der Waals surface area contributed by atoms with Crippen molar-refractivity contribution in [2.75, 3.05) is 11.4 Å². The van der Waals surface area contributed by atoms with Gasteiger partial charge in [-0.25, -0.2) is 14.8 Å². The van der Waals surface area contributed by atoms with E-state index in [1.807, 2.05) is 36.1 Å². The molecule has 3 heterocycles. The van der Waals surface area contributed by atoms with Crippen LogP contribution in [-0.2, 0) is 4.79 Å². The van der Waals surface area contributed by atoms with Crippen molar-refractivity contribution in [2.45, 2.75) is 38.6 Å². The number of hydrogen-bond acceptors (Lipinski definition) is 5. The molecule has 24 heavy (non-hydrogen) atoms. The van der Waals surface area contributed by atoms with Gasteiger partial charge in [0.2, 0.25) is 0 Å². The summed E-state index contributed by atoms with van der Waals surface area (Å²) in [5.74, 6) is 0.556. The molecule has 1 unspecified atom stereocenters. The second-order valence-electron chi connectivity index (χ2n) is 6.91. The average molecular weight is 324 g/mol. The molecule has 1 saturated heterocycles. The summed E-state index contributed by atoms with van der Waals surface area (Å²) < 4.78 is 0. The third-order valence-electron chi connectivity index (χ3n) is 5.25. The van der Waals surface area contributed by atoms with Gasteiger partial charge in [-0.1, -0.05) is 12.5 Å². The van der Waals surface area contributed by atoms with E-state index in [9.17, 15) is 9.90 Å². The van der Waals surface area contributed by atoms with Crippen LogP contribution >= 0.6 is 0 Å². The Bertz CT molecular complexity index is 774. The number of pyridine rings is 1. The maximum Gasteiger partial charge on any atom is 0.326 e. The largest absolute Gasteiger partial charge is 0.480 e. The molecule has 2 aliphatic rings. The van der Waals surface area contributed by atoms with Crippen molar-refractivity contribution in [3.05, 3.63) is 36.3 Å². The van der Waals surface area contributed by atoms with Crippen LogP contribution in [0.3, 0.4) is 0 Å². The zero-order chi connectivity index (χ0) is 16.7. The maximum atomic E-state index is 11.8. The second-order valence-corrected chi connectivity index (χ2v) is 6.91. The van der Waals surface area contributed by atoms with E-state index in [1.165, 1.54) is 6.42 Å². The van der Waals surface area contributed by atoms with Crippen molar-refractivity contribution in [1.82, 2.24) is 15.0 Å². The van der Waals surface area contributed by atoms with Crippen molar-refractivity contribution >= 4 is 11.8 Å². The number of anilines is 1. The Hall–Kier alpha value is -2.50. The van der Waals surface area contributed by atoms with Gasteiger partial charge in [-0.3, -0.25) is 4.98 Å². The molecule has 2 fully saturated rings. The molecule has 1 aliphatic carbocycles. The number of aromatic nitrogens is 3. The predicted molar refractivity (Wildman–Crippen MR) is 89.7 cm³/mol. The molecule has 2 aromatic heterocycles. The van der Waals surface area contributed by atoms with Crippen LogP contribution in [0.4, 0.5) is 5.82 Å². The summed E-state index contributed by atoms with van der Waals surface area (Å²) in [6, 6.07) is 7.04. The van der Waals surface area contributed by atoms with Crippen LogP contribution in [0.1, 0.15) is 31.5 Å². The summed E-state index contributed by atoms with van der Waals surface area (Å²) in [4.78, 5) is 27.0.